The number of nitrogen functional groups attached to an aromatic ring is 1. The number of anilines is 1. The summed E-state index contributed by atoms with van der Waals surface area (Å²) in [4.78, 5) is 10.9. The fourth-order valence-electron chi connectivity index (χ4n) is 1.26. The molecule has 0 radical (unpaired) electrons. The van der Waals surface area contributed by atoms with Gasteiger partial charge in [0.1, 0.15) is 5.75 Å². The SMILES string of the molecule is COC(=O)CCc1ccc(N)c(OC)c1. The van der Waals surface area contributed by atoms with Crippen molar-refractivity contribution in [3.63, 3.8) is 0 Å². The predicted molar refractivity (Wildman–Crippen MR) is 57.7 cm³/mol. The first-order chi connectivity index (χ1) is 7.17. The number of ether oxygens (including phenoxy) is 2. The summed E-state index contributed by atoms with van der Waals surface area (Å²) in [7, 11) is 2.95. The summed E-state index contributed by atoms with van der Waals surface area (Å²) < 4.78 is 9.63. The molecule has 4 heteroatoms. The van der Waals surface area contributed by atoms with Gasteiger partial charge in [0.15, 0.2) is 0 Å². The van der Waals surface area contributed by atoms with Gasteiger partial charge in [0.05, 0.1) is 19.9 Å². The highest BCUT2D eigenvalue weighted by Crippen LogP contribution is 2.22. The van der Waals surface area contributed by atoms with Gasteiger partial charge in [-0.2, -0.15) is 0 Å². The van der Waals surface area contributed by atoms with Gasteiger partial charge in [-0.25, -0.2) is 0 Å². The lowest BCUT2D eigenvalue weighted by Crippen LogP contribution is -2.02. The molecule has 0 fully saturated rings. The fourth-order valence-corrected chi connectivity index (χ4v) is 1.26. The van der Waals surface area contributed by atoms with E-state index in [9.17, 15) is 4.79 Å². The van der Waals surface area contributed by atoms with E-state index in [4.69, 9.17) is 10.5 Å². The first kappa shape index (κ1) is 11.4. The molecule has 0 saturated heterocycles. The van der Waals surface area contributed by atoms with E-state index in [0.29, 0.717) is 24.3 Å². The van der Waals surface area contributed by atoms with Gasteiger partial charge in [-0.1, -0.05) is 6.07 Å². The topological polar surface area (TPSA) is 61.5 Å². The average Bonchev–Trinajstić information content (AvgIpc) is 2.27. The number of rotatable bonds is 4. The van der Waals surface area contributed by atoms with Crippen molar-refractivity contribution >= 4 is 11.7 Å². The molecule has 0 spiro atoms. The lowest BCUT2D eigenvalue weighted by Gasteiger charge is -2.06. The van der Waals surface area contributed by atoms with E-state index in [2.05, 4.69) is 4.74 Å². The molecular weight excluding hydrogens is 194 g/mol. The van der Waals surface area contributed by atoms with E-state index in [1.165, 1.54) is 7.11 Å². The molecular formula is C11H15NO3. The van der Waals surface area contributed by atoms with Crippen LogP contribution in [-0.4, -0.2) is 20.2 Å². The summed E-state index contributed by atoms with van der Waals surface area (Å²) in [6, 6.07) is 5.48. The van der Waals surface area contributed by atoms with Crippen LogP contribution in [0.4, 0.5) is 5.69 Å². The Morgan fingerprint density at radius 2 is 2.13 bits per heavy atom. The third-order valence-electron chi connectivity index (χ3n) is 2.14. The first-order valence-electron chi connectivity index (χ1n) is 4.66. The zero-order valence-electron chi connectivity index (χ0n) is 8.95. The Kier molecular flexibility index (Phi) is 3.97. The fraction of sp³-hybridized carbons (Fsp3) is 0.364. The molecule has 0 unspecified atom stereocenters. The summed E-state index contributed by atoms with van der Waals surface area (Å²) in [6.07, 6.45) is 0.993. The van der Waals surface area contributed by atoms with Crippen LogP contribution >= 0.6 is 0 Å². The average molecular weight is 209 g/mol. The van der Waals surface area contributed by atoms with E-state index in [1.807, 2.05) is 12.1 Å². The van der Waals surface area contributed by atoms with Crippen molar-refractivity contribution in [2.24, 2.45) is 0 Å². The molecule has 2 N–H and O–H groups in total. The highest BCUT2D eigenvalue weighted by atomic mass is 16.5. The van der Waals surface area contributed by atoms with E-state index in [1.54, 1.807) is 13.2 Å². The van der Waals surface area contributed by atoms with Crippen molar-refractivity contribution in [2.45, 2.75) is 12.8 Å². The first-order valence-corrected chi connectivity index (χ1v) is 4.66. The number of benzene rings is 1. The molecule has 1 aromatic carbocycles. The van der Waals surface area contributed by atoms with Crippen LogP contribution in [-0.2, 0) is 16.0 Å². The molecule has 0 aliphatic heterocycles. The van der Waals surface area contributed by atoms with Gasteiger partial charge >= 0.3 is 5.97 Å². The minimum atomic E-state index is -0.217. The third kappa shape index (κ3) is 3.16. The quantitative estimate of drug-likeness (QED) is 0.601. The Labute approximate surface area is 89.0 Å². The second kappa shape index (κ2) is 5.24. The third-order valence-corrected chi connectivity index (χ3v) is 2.14. The number of hydrogen-bond acceptors (Lipinski definition) is 4. The predicted octanol–water partition coefficient (Wildman–Crippen LogP) is 1.38. The standard InChI is InChI=1S/C11H15NO3/c1-14-10-7-8(3-5-9(10)12)4-6-11(13)15-2/h3,5,7H,4,6,12H2,1-2H3. The Bertz CT molecular complexity index is 350. The highest BCUT2D eigenvalue weighted by Gasteiger charge is 2.04. The van der Waals surface area contributed by atoms with E-state index in [0.717, 1.165) is 5.56 Å². The Balaban J connectivity index is 2.66. The van der Waals surface area contributed by atoms with Crippen molar-refractivity contribution in [3.05, 3.63) is 23.8 Å². The molecule has 1 rings (SSSR count). The lowest BCUT2D eigenvalue weighted by molar-refractivity contribution is -0.140. The van der Waals surface area contributed by atoms with E-state index in [-0.39, 0.29) is 5.97 Å². The molecule has 0 aliphatic carbocycles. The molecule has 15 heavy (non-hydrogen) atoms. The summed E-state index contributed by atoms with van der Waals surface area (Å²) in [6.45, 7) is 0. The molecule has 0 atom stereocenters. The Hall–Kier alpha value is -1.71. The highest BCUT2D eigenvalue weighted by molar-refractivity contribution is 5.69. The van der Waals surface area contributed by atoms with Gasteiger partial charge < -0.3 is 15.2 Å². The van der Waals surface area contributed by atoms with Gasteiger partial charge in [0, 0.05) is 6.42 Å². The molecule has 0 aromatic heterocycles. The lowest BCUT2D eigenvalue weighted by atomic mass is 10.1. The van der Waals surface area contributed by atoms with Crippen LogP contribution in [0.5, 0.6) is 5.75 Å². The van der Waals surface area contributed by atoms with Crippen LogP contribution in [0, 0.1) is 0 Å². The van der Waals surface area contributed by atoms with Gasteiger partial charge in [-0.05, 0) is 24.1 Å². The second-order valence-corrected chi connectivity index (χ2v) is 3.15. The number of hydrogen-bond donors (Lipinski definition) is 1. The van der Waals surface area contributed by atoms with Gasteiger partial charge in [-0.3, -0.25) is 4.79 Å². The minimum Gasteiger partial charge on any atom is -0.495 e. The second-order valence-electron chi connectivity index (χ2n) is 3.15. The van der Waals surface area contributed by atoms with Crippen LogP contribution in [0.2, 0.25) is 0 Å². The Morgan fingerprint density at radius 3 is 2.73 bits per heavy atom. The molecule has 0 saturated carbocycles. The molecule has 1 aromatic rings. The molecule has 0 bridgehead atoms. The van der Waals surface area contributed by atoms with Crippen molar-refractivity contribution in [1.29, 1.82) is 0 Å². The number of esters is 1. The number of carbonyl (C=O) groups is 1. The monoisotopic (exact) mass is 209 g/mol. The van der Waals surface area contributed by atoms with Crippen molar-refractivity contribution in [3.8, 4) is 5.75 Å². The molecule has 0 amide bonds. The van der Waals surface area contributed by atoms with Crippen molar-refractivity contribution in [2.75, 3.05) is 20.0 Å². The number of nitrogens with two attached hydrogens (primary N) is 1. The number of carbonyl (C=O) groups excluding carboxylic acids is 1. The zero-order chi connectivity index (χ0) is 11.3. The molecule has 0 heterocycles. The normalized spacial score (nSPS) is 9.73. The number of aryl methyl sites for hydroxylation is 1. The van der Waals surface area contributed by atoms with Crippen LogP contribution in [0.15, 0.2) is 18.2 Å². The van der Waals surface area contributed by atoms with Crippen LogP contribution in [0.1, 0.15) is 12.0 Å². The molecule has 4 nitrogen and oxygen atoms in total. The molecule has 0 aliphatic rings. The van der Waals surface area contributed by atoms with Crippen LogP contribution < -0.4 is 10.5 Å². The van der Waals surface area contributed by atoms with E-state index < -0.39 is 0 Å². The van der Waals surface area contributed by atoms with E-state index >= 15 is 0 Å². The van der Waals surface area contributed by atoms with Crippen molar-refractivity contribution in [1.82, 2.24) is 0 Å². The van der Waals surface area contributed by atoms with Gasteiger partial charge in [0.2, 0.25) is 0 Å². The minimum absolute atomic E-state index is 0.217. The van der Waals surface area contributed by atoms with Crippen molar-refractivity contribution < 1.29 is 14.3 Å². The van der Waals surface area contributed by atoms with Gasteiger partial charge in [-0.15, -0.1) is 0 Å². The Morgan fingerprint density at radius 1 is 1.40 bits per heavy atom. The summed E-state index contributed by atoms with van der Waals surface area (Å²) in [5, 5.41) is 0. The largest absolute Gasteiger partial charge is 0.495 e. The van der Waals surface area contributed by atoms with Crippen LogP contribution in [0.3, 0.4) is 0 Å². The van der Waals surface area contributed by atoms with Crippen LogP contribution in [0.25, 0.3) is 0 Å². The summed E-state index contributed by atoms with van der Waals surface area (Å²) in [5.41, 5.74) is 7.27. The smallest absolute Gasteiger partial charge is 0.305 e. The summed E-state index contributed by atoms with van der Waals surface area (Å²) >= 11 is 0. The number of methoxy groups -OCH3 is 2. The van der Waals surface area contributed by atoms with Gasteiger partial charge in [0.25, 0.3) is 0 Å². The molecule has 82 valence electrons. The summed E-state index contributed by atoms with van der Waals surface area (Å²) in [5.74, 6) is 0.420. The maximum atomic E-state index is 10.9. The zero-order valence-corrected chi connectivity index (χ0v) is 8.95. The maximum absolute atomic E-state index is 10.9. The maximum Gasteiger partial charge on any atom is 0.305 e.